The number of rotatable bonds is 2. The maximum Gasteiger partial charge on any atom is 0.216 e. The second-order valence-electron chi connectivity index (χ2n) is 4.97. The number of sulfonamides is 1. The fourth-order valence-corrected chi connectivity index (χ4v) is 4.43. The molecule has 0 aliphatic carbocycles. The van der Waals surface area contributed by atoms with Crippen molar-refractivity contribution in [2.45, 2.75) is 43.0 Å². The molecule has 2 aliphatic rings. The Morgan fingerprint density at radius 2 is 1.60 bits per heavy atom. The molecule has 2 bridgehead atoms. The van der Waals surface area contributed by atoms with Gasteiger partial charge >= 0.3 is 0 Å². The number of hydrogen-bond acceptors (Lipinski definition) is 3. The highest BCUT2D eigenvalue weighted by Crippen LogP contribution is 2.37. The zero-order valence-electron chi connectivity index (χ0n) is 9.68. The van der Waals surface area contributed by atoms with E-state index in [0.29, 0.717) is 12.1 Å². The first-order valence-electron chi connectivity index (χ1n) is 5.56. The van der Waals surface area contributed by atoms with Crippen molar-refractivity contribution in [3.8, 4) is 0 Å². The summed E-state index contributed by atoms with van der Waals surface area (Å²) in [5.74, 6) is 0. The number of piperidine rings is 1. The molecule has 1 unspecified atom stereocenters. The van der Waals surface area contributed by atoms with Gasteiger partial charge < -0.3 is 4.90 Å². The summed E-state index contributed by atoms with van der Waals surface area (Å²) in [6.45, 7) is 0. The molecule has 15 heavy (non-hydrogen) atoms. The van der Waals surface area contributed by atoms with Gasteiger partial charge in [-0.2, -0.15) is 0 Å². The standard InChI is InChI=1S/C10H20N2O2S/c1-11(2)15(13,14)10-6-8-4-5-9(7-10)12(8)3/h8-10H,4-7H2,1-3H3/t8-,9+,10?. The van der Waals surface area contributed by atoms with E-state index in [1.54, 1.807) is 14.1 Å². The van der Waals surface area contributed by atoms with Crippen LogP contribution in [0.5, 0.6) is 0 Å². The van der Waals surface area contributed by atoms with E-state index < -0.39 is 10.0 Å². The Kier molecular flexibility index (Phi) is 2.81. The molecule has 2 rings (SSSR count). The second-order valence-corrected chi connectivity index (χ2v) is 7.40. The van der Waals surface area contributed by atoms with E-state index in [0.717, 1.165) is 12.8 Å². The SMILES string of the molecule is CN1[C@@H]2CC[C@H]1CC(S(=O)(=O)N(C)C)C2. The molecule has 2 heterocycles. The molecule has 0 saturated carbocycles. The monoisotopic (exact) mass is 232 g/mol. The molecule has 0 aromatic rings. The summed E-state index contributed by atoms with van der Waals surface area (Å²) in [4.78, 5) is 2.36. The summed E-state index contributed by atoms with van der Waals surface area (Å²) in [6, 6.07) is 0.979. The number of fused-ring (bicyclic) bond motifs is 2. The topological polar surface area (TPSA) is 40.6 Å². The number of hydrogen-bond donors (Lipinski definition) is 0. The maximum atomic E-state index is 12.0. The van der Waals surface area contributed by atoms with Crippen molar-refractivity contribution in [1.82, 2.24) is 9.21 Å². The summed E-state index contributed by atoms with van der Waals surface area (Å²) in [5, 5.41) is -0.152. The lowest BCUT2D eigenvalue weighted by molar-refractivity contribution is 0.179. The minimum atomic E-state index is -3.04. The van der Waals surface area contributed by atoms with Crippen molar-refractivity contribution < 1.29 is 8.42 Å². The third-order valence-electron chi connectivity index (χ3n) is 3.99. The smallest absolute Gasteiger partial charge is 0.216 e. The molecule has 3 atom stereocenters. The van der Waals surface area contributed by atoms with Gasteiger partial charge in [-0.3, -0.25) is 0 Å². The van der Waals surface area contributed by atoms with Crippen LogP contribution in [-0.2, 0) is 10.0 Å². The largest absolute Gasteiger partial charge is 0.300 e. The highest BCUT2D eigenvalue weighted by atomic mass is 32.2. The molecular formula is C10H20N2O2S. The Morgan fingerprint density at radius 3 is 2.00 bits per heavy atom. The normalized spacial score (nSPS) is 37.5. The van der Waals surface area contributed by atoms with Crippen LogP contribution in [0.4, 0.5) is 0 Å². The second kappa shape index (κ2) is 3.71. The molecule has 0 aromatic heterocycles. The van der Waals surface area contributed by atoms with Crippen LogP contribution in [-0.4, -0.2) is 56.1 Å². The highest BCUT2D eigenvalue weighted by molar-refractivity contribution is 7.89. The van der Waals surface area contributed by atoms with Crippen molar-refractivity contribution in [2.24, 2.45) is 0 Å². The van der Waals surface area contributed by atoms with E-state index in [9.17, 15) is 8.42 Å². The fraction of sp³-hybridized carbons (Fsp3) is 1.00. The predicted octanol–water partition coefficient (Wildman–Crippen LogP) is 0.503. The van der Waals surface area contributed by atoms with E-state index >= 15 is 0 Å². The average Bonchev–Trinajstić information content (AvgIpc) is 2.40. The van der Waals surface area contributed by atoms with Gasteiger partial charge in [-0.1, -0.05) is 0 Å². The molecular weight excluding hydrogens is 212 g/mol. The third kappa shape index (κ3) is 1.81. The Hall–Kier alpha value is -0.130. The van der Waals surface area contributed by atoms with E-state index in [4.69, 9.17) is 0 Å². The third-order valence-corrected chi connectivity index (χ3v) is 6.23. The van der Waals surface area contributed by atoms with Gasteiger partial charge in [0.15, 0.2) is 0 Å². The predicted molar refractivity (Wildman–Crippen MR) is 60.2 cm³/mol. The zero-order chi connectivity index (χ0) is 11.2. The van der Waals surface area contributed by atoms with Crippen molar-refractivity contribution in [3.63, 3.8) is 0 Å². The van der Waals surface area contributed by atoms with E-state index in [1.165, 1.54) is 17.1 Å². The van der Waals surface area contributed by atoms with Crippen LogP contribution in [0.3, 0.4) is 0 Å². The summed E-state index contributed by atoms with van der Waals surface area (Å²) in [6.07, 6.45) is 3.96. The first-order chi connectivity index (χ1) is 6.93. The minimum absolute atomic E-state index is 0.152. The minimum Gasteiger partial charge on any atom is -0.300 e. The van der Waals surface area contributed by atoms with Crippen LogP contribution < -0.4 is 0 Å². The van der Waals surface area contributed by atoms with Gasteiger partial charge in [-0.25, -0.2) is 12.7 Å². The van der Waals surface area contributed by atoms with Gasteiger partial charge in [0.2, 0.25) is 10.0 Å². The molecule has 2 aliphatic heterocycles. The van der Waals surface area contributed by atoms with Crippen molar-refractivity contribution in [2.75, 3.05) is 21.1 Å². The Labute approximate surface area is 92.3 Å². The molecule has 2 fully saturated rings. The first kappa shape index (κ1) is 11.4. The van der Waals surface area contributed by atoms with Crippen molar-refractivity contribution in [1.29, 1.82) is 0 Å². The summed E-state index contributed by atoms with van der Waals surface area (Å²) in [7, 11) is 2.35. The summed E-state index contributed by atoms with van der Waals surface area (Å²) >= 11 is 0. The number of nitrogens with zero attached hydrogens (tertiary/aromatic N) is 2. The maximum absolute atomic E-state index is 12.0. The van der Waals surface area contributed by atoms with Crippen LogP contribution >= 0.6 is 0 Å². The quantitative estimate of drug-likeness (QED) is 0.696. The van der Waals surface area contributed by atoms with Gasteiger partial charge in [-0.05, 0) is 32.7 Å². The van der Waals surface area contributed by atoms with Crippen molar-refractivity contribution >= 4 is 10.0 Å². The van der Waals surface area contributed by atoms with Crippen LogP contribution in [0.15, 0.2) is 0 Å². The summed E-state index contributed by atoms with van der Waals surface area (Å²) in [5.41, 5.74) is 0. The molecule has 0 spiro atoms. The summed E-state index contributed by atoms with van der Waals surface area (Å²) < 4.78 is 25.4. The van der Waals surface area contributed by atoms with Crippen LogP contribution in [0.2, 0.25) is 0 Å². The lowest BCUT2D eigenvalue weighted by Gasteiger charge is -2.36. The van der Waals surface area contributed by atoms with Gasteiger partial charge in [0.25, 0.3) is 0 Å². The molecule has 0 amide bonds. The molecule has 2 saturated heterocycles. The van der Waals surface area contributed by atoms with E-state index in [-0.39, 0.29) is 5.25 Å². The van der Waals surface area contributed by atoms with E-state index in [1.807, 2.05) is 0 Å². The van der Waals surface area contributed by atoms with Crippen molar-refractivity contribution in [3.05, 3.63) is 0 Å². The fourth-order valence-electron chi connectivity index (χ4n) is 2.90. The lowest BCUT2D eigenvalue weighted by Crippen LogP contribution is -2.47. The molecule has 5 heteroatoms. The highest BCUT2D eigenvalue weighted by Gasteiger charge is 2.43. The van der Waals surface area contributed by atoms with Gasteiger partial charge in [0.1, 0.15) is 0 Å². The Balaban J connectivity index is 2.16. The lowest BCUT2D eigenvalue weighted by atomic mass is 10.0. The molecule has 88 valence electrons. The molecule has 0 N–H and O–H groups in total. The molecule has 0 aromatic carbocycles. The Morgan fingerprint density at radius 1 is 1.13 bits per heavy atom. The first-order valence-corrected chi connectivity index (χ1v) is 7.06. The van der Waals surface area contributed by atoms with Crippen LogP contribution in [0.1, 0.15) is 25.7 Å². The van der Waals surface area contributed by atoms with E-state index in [2.05, 4.69) is 11.9 Å². The van der Waals surface area contributed by atoms with Gasteiger partial charge in [0.05, 0.1) is 5.25 Å². The Bertz CT molecular complexity index is 325. The van der Waals surface area contributed by atoms with Gasteiger partial charge in [0, 0.05) is 26.2 Å². The zero-order valence-corrected chi connectivity index (χ0v) is 10.5. The van der Waals surface area contributed by atoms with Gasteiger partial charge in [-0.15, -0.1) is 0 Å². The van der Waals surface area contributed by atoms with Crippen LogP contribution in [0, 0.1) is 0 Å². The average molecular weight is 232 g/mol. The molecule has 0 radical (unpaired) electrons. The molecule has 4 nitrogen and oxygen atoms in total. The van der Waals surface area contributed by atoms with Crippen LogP contribution in [0.25, 0.3) is 0 Å².